The van der Waals surface area contributed by atoms with E-state index < -0.39 is 7.26 Å². The zero-order valence-electron chi connectivity index (χ0n) is 21.2. The second kappa shape index (κ2) is 10.3. The molecule has 5 rings (SSSR count). The number of hydrogen-bond donors (Lipinski definition) is 0. The molecule has 0 fully saturated rings. The Kier molecular flexibility index (Phi) is 7.55. The lowest BCUT2D eigenvalue weighted by atomic mass is 9.77. The third-order valence-electron chi connectivity index (χ3n) is 7.79. The van der Waals surface area contributed by atoms with E-state index in [4.69, 9.17) is 0 Å². The maximum absolute atomic E-state index is 2.53. The van der Waals surface area contributed by atoms with E-state index in [1.54, 1.807) is 0 Å². The molecule has 0 aromatic heterocycles. The van der Waals surface area contributed by atoms with Crippen LogP contribution in [0, 0.1) is 0 Å². The predicted molar refractivity (Wildman–Crippen MR) is 151 cm³/mol. The normalized spacial score (nSPS) is 15.6. The Hall–Kier alpha value is -2.41. The molecule has 0 radical (unpaired) electrons. The van der Waals surface area contributed by atoms with Gasteiger partial charge in [-0.25, -0.2) is 0 Å². The lowest BCUT2D eigenvalue weighted by Crippen LogP contribution is -3.00. The quantitative estimate of drug-likeness (QED) is 0.345. The van der Waals surface area contributed by atoms with Crippen LogP contribution >= 0.6 is 7.26 Å². The average Bonchev–Trinajstić information content (AvgIpc) is 2.89. The molecule has 1 unspecified atom stereocenters. The summed E-state index contributed by atoms with van der Waals surface area (Å²) in [5.41, 5.74) is 4.83. The van der Waals surface area contributed by atoms with Crippen LogP contribution < -0.4 is 37.8 Å². The number of anilines is 1. The van der Waals surface area contributed by atoms with E-state index in [1.165, 1.54) is 39.1 Å². The molecule has 0 amide bonds. The third-order valence-corrected chi connectivity index (χ3v) is 12.6. The Morgan fingerprint density at radius 3 is 1.63 bits per heavy atom. The van der Waals surface area contributed by atoms with Gasteiger partial charge in [-0.3, -0.25) is 0 Å². The zero-order valence-corrected chi connectivity index (χ0v) is 23.6. The first-order chi connectivity index (χ1) is 16.4. The lowest BCUT2D eigenvalue weighted by Gasteiger charge is -2.39. The fourth-order valence-corrected chi connectivity index (χ4v) is 10.5. The Morgan fingerprint density at radius 1 is 0.714 bits per heavy atom. The molecule has 1 aliphatic heterocycles. The topological polar surface area (TPSA) is 3.24 Å². The van der Waals surface area contributed by atoms with Crippen molar-refractivity contribution in [3.05, 3.63) is 120 Å². The molecule has 4 aromatic carbocycles. The van der Waals surface area contributed by atoms with Crippen LogP contribution in [0.25, 0.3) is 0 Å². The van der Waals surface area contributed by atoms with E-state index >= 15 is 0 Å². The van der Waals surface area contributed by atoms with Crippen LogP contribution in [0.4, 0.5) is 5.69 Å². The molecule has 180 valence electrons. The van der Waals surface area contributed by atoms with Gasteiger partial charge in [0.2, 0.25) is 0 Å². The summed E-state index contributed by atoms with van der Waals surface area (Å²) in [5, 5.41) is 4.32. The molecule has 1 atom stereocenters. The van der Waals surface area contributed by atoms with Crippen molar-refractivity contribution in [2.75, 3.05) is 18.5 Å². The molecule has 1 aliphatic rings. The third kappa shape index (κ3) is 4.48. The van der Waals surface area contributed by atoms with Crippen molar-refractivity contribution in [3.8, 4) is 0 Å². The maximum atomic E-state index is 2.53. The molecule has 1 nitrogen and oxygen atoms in total. The van der Waals surface area contributed by atoms with Gasteiger partial charge in [-0.1, -0.05) is 74.5 Å². The van der Waals surface area contributed by atoms with E-state index in [1.807, 2.05) is 0 Å². The fourth-order valence-electron chi connectivity index (χ4n) is 5.72. The summed E-state index contributed by atoms with van der Waals surface area (Å²) < 4.78 is 0. The highest BCUT2D eigenvalue weighted by Crippen LogP contribution is 2.66. The summed E-state index contributed by atoms with van der Waals surface area (Å²) in [5.74, 6) is 0. The lowest BCUT2D eigenvalue weighted by molar-refractivity contribution is -0.00000702. The number of fused-ring (bicyclic) bond motifs is 1. The van der Waals surface area contributed by atoms with Gasteiger partial charge in [0.05, 0.1) is 0 Å². The first kappa shape index (κ1) is 25.7. The number of halogens is 1. The van der Waals surface area contributed by atoms with Crippen molar-refractivity contribution < 1.29 is 17.0 Å². The number of hydrogen-bond acceptors (Lipinski definition) is 1. The second-order valence-corrected chi connectivity index (χ2v) is 14.0. The highest BCUT2D eigenvalue weighted by atomic mass is 79.9. The SMILES string of the molecule is CC(c1ccc2c(c1)C(C)(C)CCN2C)[P+](c1ccccc1)(c1ccccc1)c1ccccc1.[Br-]. The van der Waals surface area contributed by atoms with Crippen molar-refractivity contribution >= 4 is 28.9 Å². The minimum atomic E-state index is -1.97. The summed E-state index contributed by atoms with van der Waals surface area (Å²) >= 11 is 0. The Balaban J connectivity index is 0.00000289. The van der Waals surface area contributed by atoms with Gasteiger partial charge < -0.3 is 21.9 Å². The van der Waals surface area contributed by atoms with Crippen LogP contribution in [0.2, 0.25) is 0 Å². The van der Waals surface area contributed by atoms with Crippen molar-refractivity contribution in [2.24, 2.45) is 0 Å². The number of benzene rings is 4. The molecule has 0 N–H and O–H groups in total. The van der Waals surface area contributed by atoms with Gasteiger partial charge in [-0.15, -0.1) is 0 Å². The van der Waals surface area contributed by atoms with E-state index in [2.05, 4.69) is 142 Å². The minimum Gasteiger partial charge on any atom is -1.00 e. The Morgan fingerprint density at radius 2 is 1.17 bits per heavy atom. The average molecular weight is 545 g/mol. The molecular formula is C32H35BrNP. The van der Waals surface area contributed by atoms with Crippen molar-refractivity contribution in [1.29, 1.82) is 0 Å². The van der Waals surface area contributed by atoms with E-state index in [0.717, 1.165) is 6.54 Å². The first-order valence-electron chi connectivity index (χ1n) is 12.4. The zero-order chi connectivity index (χ0) is 23.8. The van der Waals surface area contributed by atoms with Gasteiger partial charge in [-0.2, -0.15) is 0 Å². The standard InChI is InChI=1S/C32H35NP.BrH/c1-25(26-20-21-31-30(24-26)32(2,3)22-23-33(31)4)34(27-14-8-5-9-15-27,28-16-10-6-11-17-28)29-18-12-7-13-19-29;/h5-21,24-25H,22-23H2,1-4H3;1H/q+1;/p-1. The van der Waals surface area contributed by atoms with Gasteiger partial charge in [0.1, 0.15) is 28.8 Å². The summed E-state index contributed by atoms with van der Waals surface area (Å²) in [7, 11) is 0.256. The molecule has 0 bridgehead atoms. The van der Waals surface area contributed by atoms with Crippen molar-refractivity contribution in [2.45, 2.75) is 38.3 Å². The largest absolute Gasteiger partial charge is 1.00 e. The number of nitrogens with zero attached hydrogens (tertiary/aromatic N) is 1. The smallest absolute Gasteiger partial charge is 0.119 e. The van der Waals surface area contributed by atoms with Crippen molar-refractivity contribution in [1.82, 2.24) is 0 Å². The van der Waals surface area contributed by atoms with Crippen LogP contribution in [-0.4, -0.2) is 13.6 Å². The summed E-state index contributed by atoms with van der Waals surface area (Å²) in [6, 6.07) is 41.0. The highest BCUT2D eigenvalue weighted by molar-refractivity contribution is 7.95. The van der Waals surface area contributed by atoms with E-state index in [-0.39, 0.29) is 22.4 Å². The van der Waals surface area contributed by atoms with Gasteiger partial charge >= 0.3 is 0 Å². The summed E-state index contributed by atoms with van der Waals surface area (Å²) in [6.07, 6.45) is 1.19. The van der Waals surface area contributed by atoms with Crippen LogP contribution in [-0.2, 0) is 5.41 Å². The maximum Gasteiger partial charge on any atom is 0.119 e. The predicted octanol–water partition coefficient (Wildman–Crippen LogP) is 3.86. The fraction of sp³-hybridized carbons (Fsp3) is 0.250. The van der Waals surface area contributed by atoms with Crippen LogP contribution in [0.3, 0.4) is 0 Å². The molecule has 3 heteroatoms. The van der Waals surface area contributed by atoms with Crippen molar-refractivity contribution in [3.63, 3.8) is 0 Å². The summed E-state index contributed by atoms with van der Waals surface area (Å²) in [6.45, 7) is 8.38. The van der Waals surface area contributed by atoms with E-state index in [9.17, 15) is 0 Å². The molecule has 0 saturated carbocycles. The van der Waals surface area contributed by atoms with Gasteiger partial charge in [0.25, 0.3) is 0 Å². The highest BCUT2D eigenvalue weighted by Gasteiger charge is 2.51. The Labute approximate surface area is 222 Å². The van der Waals surface area contributed by atoms with Gasteiger partial charge in [-0.05, 0) is 78.4 Å². The second-order valence-electron chi connectivity index (χ2n) is 10.2. The number of rotatable bonds is 5. The molecule has 0 spiro atoms. The Bertz CT molecular complexity index is 1160. The summed E-state index contributed by atoms with van der Waals surface area (Å²) in [4.78, 5) is 2.42. The molecule has 35 heavy (non-hydrogen) atoms. The molecule has 4 aromatic rings. The van der Waals surface area contributed by atoms with E-state index in [0.29, 0.717) is 5.66 Å². The van der Waals surface area contributed by atoms with Gasteiger partial charge in [0.15, 0.2) is 0 Å². The first-order valence-corrected chi connectivity index (χ1v) is 14.2. The molecular weight excluding hydrogens is 509 g/mol. The van der Waals surface area contributed by atoms with Crippen LogP contribution in [0.15, 0.2) is 109 Å². The molecule has 0 saturated heterocycles. The minimum absolute atomic E-state index is 0. The monoisotopic (exact) mass is 543 g/mol. The van der Waals surface area contributed by atoms with Gasteiger partial charge in [0, 0.05) is 19.3 Å². The van der Waals surface area contributed by atoms with Crippen LogP contribution in [0.1, 0.15) is 44.0 Å². The van der Waals surface area contributed by atoms with Crippen LogP contribution in [0.5, 0.6) is 0 Å². The molecule has 0 aliphatic carbocycles. The molecule has 1 heterocycles.